The summed E-state index contributed by atoms with van der Waals surface area (Å²) in [6, 6.07) is 0. The first-order valence-electron chi connectivity index (χ1n) is 6.65. The SMILES string of the molecule is CCOC(=O)C1(C(=O)CC(C)C)CCCC1C. The molecule has 0 radical (unpaired) electrons. The first-order chi connectivity index (χ1) is 7.95. The van der Waals surface area contributed by atoms with E-state index >= 15 is 0 Å². The standard InChI is InChI=1S/C14H24O3/c1-5-17-13(16)14(8-6-7-11(14)4)12(15)9-10(2)3/h10-11H,5-9H2,1-4H3. The molecule has 0 bridgehead atoms. The Hall–Kier alpha value is -0.860. The third-order valence-corrected chi connectivity index (χ3v) is 3.78. The number of hydrogen-bond acceptors (Lipinski definition) is 3. The Morgan fingerprint density at radius 1 is 1.41 bits per heavy atom. The monoisotopic (exact) mass is 240 g/mol. The molecule has 1 aliphatic rings. The Morgan fingerprint density at radius 2 is 2.06 bits per heavy atom. The second-order valence-electron chi connectivity index (χ2n) is 5.51. The lowest BCUT2D eigenvalue weighted by Gasteiger charge is -2.30. The van der Waals surface area contributed by atoms with Gasteiger partial charge in [-0.1, -0.05) is 27.2 Å². The quantitative estimate of drug-likeness (QED) is 0.548. The van der Waals surface area contributed by atoms with E-state index in [1.807, 2.05) is 20.8 Å². The number of rotatable bonds is 5. The van der Waals surface area contributed by atoms with E-state index in [4.69, 9.17) is 4.74 Å². The molecule has 0 saturated heterocycles. The van der Waals surface area contributed by atoms with Crippen LogP contribution in [0.25, 0.3) is 0 Å². The second-order valence-corrected chi connectivity index (χ2v) is 5.51. The lowest BCUT2D eigenvalue weighted by Crippen LogP contribution is -2.43. The van der Waals surface area contributed by atoms with Gasteiger partial charge in [0.25, 0.3) is 0 Å². The third-order valence-electron chi connectivity index (χ3n) is 3.78. The molecule has 0 spiro atoms. The molecule has 1 fully saturated rings. The first kappa shape index (κ1) is 14.2. The molecule has 1 rings (SSSR count). The van der Waals surface area contributed by atoms with Gasteiger partial charge in [0.1, 0.15) is 5.41 Å². The van der Waals surface area contributed by atoms with Crippen LogP contribution in [-0.2, 0) is 14.3 Å². The molecule has 3 nitrogen and oxygen atoms in total. The van der Waals surface area contributed by atoms with Gasteiger partial charge in [0.15, 0.2) is 5.78 Å². The van der Waals surface area contributed by atoms with E-state index in [0.717, 1.165) is 12.8 Å². The van der Waals surface area contributed by atoms with E-state index in [1.54, 1.807) is 6.92 Å². The van der Waals surface area contributed by atoms with Crippen LogP contribution < -0.4 is 0 Å². The molecule has 0 N–H and O–H groups in total. The van der Waals surface area contributed by atoms with Gasteiger partial charge in [0, 0.05) is 6.42 Å². The maximum absolute atomic E-state index is 12.4. The van der Waals surface area contributed by atoms with Crippen molar-refractivity contribution in [1.29, 1.82) is 0 Å². The zero-order valence-electron chi connectivity index (χ0n) is 11.4. The summed E-state index contributed by atoms with van der Waals surface area (Å²) in [6.07, 6.45) is 3.04. The van der Waals surface area contributed by atoms with Gasteiger partial charge in [-0.05, 0) is 31.6 Å². The summed E-state index contributed by atoms with van der Waals surface area (Å²) in [5.74, 6) is 0.195. The number of ketones is 1. The maximum Gasteiger partial charge on any atom is 0.319 e. The minimum atomic E-state index is -0.847. The van der Waals surface area contributed by atoms with Crippen LogP contribution in [0.4, 0.5) is 0 Å². The fraction of sp³-hybridized carbons (Fsp3) is 0.857. The van der Waals surface area contributed by atoms with Gasteiger partial charge in [-0.15, -0.1) is 0 Å². The highest BCUT2D eigenvalue weighted by atomic mass is 16.5. The average Bonchev–Trinajstić information content (AvgIpc) is 2.60. The van der Waals surface area contributed by atoms with E-state index in [9.17, 15) is 9.59 Å². The summed E-state index contributed by atoms with van der Waals surface area (Å²) < 4.78 is 5.14. The Bertz CT molecular complexity index is 296. The largest absolute Gasteiger partial charge is 0.465 e. The van der Waals surface area contributed by atoms with Gasteiger partial charge in [-0.2, -0.15) is 0 Å². The summed E-state index contributed by atoms with van der Waals surface area (Å²) >= 11 is 0. The highest BCUT2D eigenvalue weighted by Gasteiger charge is 2.53. The van der Waals surface area contributed by atoms with E-state index < -0.39 is 5.41 Å². The molecule has 0 amide bonds. The number of hydrogen-bond donors (Lipinski definition) is 0. The average molecular weight is 240 g/mol. The van der Waals surface area contributed by atoms with Crippen molar-refractivity contribution in [1.82, 2.24) is 0 Å². The van der Waals surface area contributed by atoms with Crippen LogP contribution in [0.1, 0.15) is 53.4 Å². The van der Waals surface area contributed by atoms with Crippen LogP contribution in [0.2, 0.25) is 0 Å². The van der Waals surface area contributed by atoms with E-state index in [2.05, 4.69) is 0 Å². The fourth-order valence-corrected chi connectivity index (χ4v) is 2.82. The molecule has 98 valence electrons. The first-order valence-corrected chi connectivity index (χ1v) is 6.65. The molecule has 0 aromatic rings. The predicted molar refractivity (Wildman–Crippen MR) is 66.5 cm³/mol. The molecule has 17 heavy (non-hydrogen) atoms. The molecule has 2 atom stereocenters. The van der Waals surface area contributed by atoms with Gasteiger partial charge in [0.2, 0.25) is 0 Å². The molecule has 0 heterocycles. The summed E-state index contributed by atoms with van der Waals surface area (Å²) in [5.41, 5.74) is -0.847. The van der Waals surface area contributed by atoms with E-state index in [-0.39, 0.29) is 17.7 Å². The van der Waals surface area contributed by atoms with Crippen LogP contribution in [0.3, 0.4) is 0 Å². The summed E-state index contributed by atoms with van der Waals surface area (Å²) in [6.45, 7) is 8.16. The number of carbonyl (C=O) groups is 2. The van der Waals surface area contributed by atoms with Crippen molar-refractivity contribution >= 4 is 11.8 Å². The lowest BCUT2D eigenvalue weighted by molar-refractivity contribution is -0.162. The van der Waals surface area contributed by atoms with Gasteiger partial charge >= 0.3 is 5.97 Å². The maximum atomic E-state index is 12.4. The summed E-state index contributed by atoms with van der Waals surface area (Å²) in [4.78, 5) is 24.6. The van der Waals surface area contributed by atoms with Crippen molar-refractivity contribution in [3.05, 3.63) is 0 Å². The van der Waals surface area contributed by atoms with E-state index in [0.29, 0.717) is 25.4 Å². The Balaban J connectivity index is 2.94. The molecule has 0 aromatic carbocycles. The minimum Gasteiger partial charge on any atom is -0.465 e. The van der Waals surface area contributed by atoms with Crippen molar-refractivity contribution in [2.24, 2.45) is 17.3 Å². The molecule has 3 heteroatoms. The van der Waals surface area contributed by atoms with Crippen LogP contribution >= 0.6 is 0 Å². The number of esters is 1. The molecular formula is C14H24O3. The topological polar surface area (TPSA) is 43.4 Å². The van der Waals surface area contributed by atoms with Gasteiger partial charge in [-0.3, -0.25) is 9.59 Å². The zero-order chi connectivity index (χ0) is 13.1. The zero-order valence-corrected chi connectivity index (χ0v) is 11.4. The molecular weight excluding hydrogens is 216 g/mol. The smallest absolute Gasteiger partial charge is 0.319 e. The van der Waals surface area contributed by atoms with Crippen molar-refractivity contribution in [2.75, 3.05) is 6.61 Å². The second kappa shape index (κ2) is 5.65. The lowest BCUT2D eigenvalue weighted by atomic mass is 9.73. The number of carbonyl (C=O) groups excluding carboxylic acids is 2. The van der Waals surface area contributed by atoms with Gasteiger partial charge < -0.3 is 4.74 Å². The Morgan fingerprint density at radius 3 is 2.47 bits per heavy atom. The van der Waals surface area contributed by atoms with Crippen molar-refractivity contribution in [3.8, 4) is 0 Å². The molecule has 1 aliphatic carbocycles. The van der Waals surface area contributed by atoms with Crippen molar-refractivity contribution < 1.29 is 14.3 Å². The highest BCUT2D eigenvalue weighted by molar-refractivity contribution is 6.04. The van der Waals surface area contributed by atoms with Crippen molar-refractivity contribution in [3.63, 3.8) is 0 Å². The molecule has 0 aliphatic heterocycles. The van der Waals surface area contributed by atoms with Gasteiger partial charge in [-0.25, -0.2) is 0 Å². The summed E-state index contributed by atoms with van der Waals surface area (Å²) in [5, 5.41) is 0. The van der Waals surface area contributed by atoms with Crippen LogP contribution in [0.5, 0.6) is 0 Å². The van der Waals surface area contributed by atoms with Crippen LogP contribution in [0.15, 0.2) is 0 Å². The molecule has 0 aromatic heterocycles. The van der Waals surface area contributed by atoms with E-state index in [1.165, 1.54) is 0 Å². The highest BCUT2D eigenvalue weighted by Crippen LogP contribution is 2.46. The number of ether oxygens (including phenoxy) is 1. The predicted octanol–water partition coefficient (Wildman–Crippen LogP) is 2.97. The van der Waals surface area contributed by atoms with Crippen molar-refractivity contribution in [2.45, 2.75) is 53.4 Å². The molecule has 2 unspecified atom stereocenters. The fourth-order valence-electron chi connectivity index (χ4n) is 2.82. The minimum absolute atomic E-state index is 0.0796. The van der Waals surface area contributed by atoms with Gasteiger partial charge in [0.05, 0.1) is 6.61 Å². The Labute approximate surface area is 104 Å². The molecule has 1 saturated carbocycles. The Kier molecular flexibility index (Phi) is 4.72. The van der Waals surface area contributed by atoms with Crippen LogP contribution in [-0.4, -0.2) is 18.4 Å². The number of Topliss-reactive ketones (excluding diaryl/α,β-unsaturated/α-hetero) is 1. The normalized spacial score (nSPS) is 28.4. The van der Waals surface area contributed by atoms with Crippen LogP contribution in [0, 0.1) is 17.3 Å². The third kappa shape index (κ3) is 2.70. The summed E-state index contributed by atoms with van der Waals surface area (Å²) in [7, 11) is 0.